The zero-order valence-corrected chi connectivity index (χ0v) is 13.9. The van der Waals surface area contributed by atoms with Crippen LogP contribution in [0.1, 0.15) is 30.5 Å². The number of nitrogens with zero attached hydrogens (tertiary/aromatic N) is 2. The summed E-state index contributed by atoms with van der Waals surface area (Å²) >= 11 is 0. The van der Waals surface area contributed by atoms with Crippen LogP contribution in [0.15, 0.2) is 12.1 Å². The molecule has 2 heterocycles. The van der Waals surface area contributed by atoms with Crippen LogP contribution in [0.4, 0.5) is 18.9 Å². The van der Waals surface area contributed by atoms with Crippen molar-refractivity contribution < 1.29 is 18.0 Å². The minimum absolute atomic E-state index is 0.0401. The molecule has 24 heavy (non-hydrogen) atoms. The monoisotopic (exact) mass is 341 g/mol. The van der Waals surface area contributed by atoms with E-state index in [0.29, 0.717) is 44.7 Å². The van der Waals surface area contributed by atoms with Crippen LogP contribution >= 0.6 is 0 Å². The third-order valence-electron chi connectivity index (χ3n) is 4.94. The predicted molar refractivity (Wildman–Crippen MR) is 85.9 cm³/mol. The van der Waals surface area contributed by atoms with Crippen molar-refractivity contribution in [1.29, 1.82) is 0 Å². The maximum absolute atomic E-state index is 13.3. The van der Waals surface area contributed by atoms with E-state index in [0.717, 1.165) is 11.3 Å². The Morgan fingerprint density at radius 2 is 2.00 bits per heavy atom. The van der Waals surface area contributed by atoms with E-state index in [1.54, 1.807) is 13.0 Å². The molecule has 4 nitrogen and oxygen atoms in total. The fourth-order valence-electron chi connectivity index (χ4n) is 3.80. The second-order valence-electron chi connectivity index (χ2n) is 6.52. The molecule has 2 aliphatic heterocycles. The smallest absolute Gasteiger partial charge is 0.367 e. The molecule has 0 bridgehead atoms. The van der Waals surface area contributed by atoms with Gasteiger partial charge in [-0.2, -0.15) is 13.2 Å². The molecule has 2 aliphatic rings. The fourth-order valence-corrected chi connectivity index (χ4v) is 3.80. The van der Waals surface area contributed by atoms with E-state index in [1.165, 1.54) is 6.07 Å². The van der Waals surface area contributed by atoms with E-state index in [1.807, 2.05) is 11.8 Å². The second-order valence-corrected chi connectivity index (χ2v) is 6.52. The average Bonchev–Trinajstić information content (AvgIpc) is 2.52. The number of halogens is 3. The molecule has 7 heteroatoms. The van der Waals surface area contributed by atoms with Gasteiger partial charge in [0.1, 0.15) is 0 Å². The standard InChI is InChI=1S/C17H22F3N3O/c1-11-10-22(7-8-23(11)12(2)24)16-4-3-15(17(18,19)20)13-5-6-21-9-14(13)16/h3-4,11,21H,5-10H2,1-2H3/t11-/m1/s1. The van der Waals surface area contributed by atoms with Crippen LogP contribution in [-0.2, 0) is 23.9 Å². The molecule has 0 unspecified atom stereocenters. The lowest BCUT2D eigenvalue weighted by atomic mass is 9.92. The maximum atomic E-state index is 13.3. The van der Waals surface area contributed by atoms with Crippen molar-refractivity contribution in [2.45, 2.75) is 39.0 Å². The zero-order chi connectivity index (χ0) is 17.5. The first kappa shape index (κ1) is 17.1. The quantitative estimate of drug-likeness (QED) is 0.852. The highest BCUT2D eigenvalue weighted by molar-refractivity contribution is 5.74. The van der Waals surface area contributed by atoms with Crippen LogP contribution in [0.2, 0.25) is 0 Å². The molecule has 3 rings (SSSR count). The summed E-state index contributed by atoms with van der Waals surface area (Å²) in [5, 5.41) is 3.18. The molecule has 1 fully saturated rings. The Kier molecular flexibility index (Phi) is 4.46. The lowest BCUT2D eigenvalue weighted by Crippen LogP contribution is -2.53. The SMILES string of the molecule is CC(=O)N1CCN(c2ccc(C(F)(F)F)c3c2CNCC3)C[C@H]1C. The van der Waals surface area contributed by atoms with E-state index in [-0.39, 0.29) is 11.9 Å². The minimum atomic E-state index is -4.32. The van der Waals surface area contributed by atoms with Crippen LogP contribution in [0.3, 0.4) is 0 Å². The molecule has 132 valence electrons. The Morgan fingerprint density at radius 1 is 1.25 bits per heavy atom. The van der Waals surface area contributed by atoms with Crippen molar-refractivity contribution >= 4 is 11.6 Å². The Bertz CT molecular complexity index is 645. The molecular formula is C17H22F3N3O. The number of fused-ring (bicyclic) bond motifs is 1. The molecule has 0 aliphatic carbocycles. The molecule has 1 N–H and O–H groups in total. The third kappa shape index (κ3) is 3.09. The third-order valence-corrected chi connectivity index (χ3v) is 4.94. The number of anilines is 1. The van der Waals surface area contributed by atoms with Gasteiger partial charge in [-0.25, -0.2) is 0 Å². The highest BCUT2D eigenvalue weighted by atomic mass is 19.4. The molecule has 1 atom stereocenters. The highest BCUT2D eigenvalue weighted by Gasteiger charge is 2.36. The topological polar surface area (TPSA) is 35.6 Å². The second kappa shape index (κ2) is 6.27. The van der Waals surface area contributed by atoms with E-state index in [4.69, 9.17) is 0 Å². The van der Waals surface area contributed by atoms with Gasteiger partial charge in [-0.05, 0) is 43.1 Å². The van der Waals surface area contributed by atoms with Gasteiger partial charge < -0.3 is 15.1 Å². The summed E-state index contributed by atoms with van der Waals surface area (Å²) in [5.74, 6) is 0.0401. The molecular weight excluding hydrogens is 319 g/mol. The molecule has 1 aromatic carbocycles. The number of alkyl halides is 3. The van der Waals surface area contributed by atoms with Crippen LogP contribution < -0.4 is 10.2 Å². The van der Waals surface area contributed by atoms with Crippen molar-refractivity contribution in [3.8, 4) is 0 Å². The molecule has 1 amide bonds. The van der Waals surface area contributed by atoms with Crippen LogP contribution in [0.25, 0.3) is 0 Å². The number of hydrogen-bond donors (Lipinski definition) is 1. The predicted octanol–water partition coefficient (Wildman–Crippen LogP) is 2.41. The van der Waals surface area contributed by atoms with E-state index < -0.39 is 11.7 Å². The Morgan fingerprint density at radius 3 is 2.62 bits per heavy atom. The van der Waals surface area contributed by atoms with Crippen LogP contribution in [-0.4, -0.2) is 43.0 Å². The minimum Gasteiger partial charge on any atom is -0.367 e. The van der Waals surface area contributed by atoms with Gasteiger partial charge in [-0.1, -0.05) is 0 Å². The maximum Gasteiger partial charge on any atom is 0.416 e. The summed E-state index contributed by atoms with van der Waals surface area (Å²) in [6.45, 7) is 6.42. The molecule has 0 radical (unpaired) electrons. The lowest BCUT2D eigenvalue weighted by molar-refractivity contribution is -0.138. The van der Waals surface area contributed by atoms with Crippen molar-refractivity contribution in [3.05, 3.63) is 28.8 Å². The Hall–Kier alpha value is -1.76. The Labute approximate surface area is 139 Å². The number of rotatable bonds is 1. The molecule has 0 spiro atoms. The van der Waals surface area contributed by atoms with Crippen molar-refractivity contribution in [1.82, 2.24) is 10.2 Å². The van der Waals surface area contributed by atoms with Gasteiger partial charge in [0.05, 0.1) is 5.56 Å². The van der Waals surface area contributed by atoms with Gasteiger partial charge in [0, 0.05) is 44.8 Å². The van der Waals surface area contributed by atoms with E-state index in [9.17, 15) is 18.0 Å². The van der Waals surface area contributed by atoms with Crippen molar-refractivity contribution in [2.75, 3.05) is 31.1 Å². The van der Waals surface area contributed by atoms with Crippen molar-refractivity contribution in [2.24, 2.45) is 0 Å². The number of benzene rings is 1. The average molecular weight is 341 g/mol. The van der Waals surface area contributed by atoms with Gasteiger partial charge in [0.2, 0.25) is 5.91 Å². The normalized spacial score (nSPS) is 21.6. The van der Waals surface area contributed by atoms with Gasteiger partial charge in [0.25, 0.3) is 0 Å². The highest BCUT2D eigenvalue weighted by Crippen LogP contribution is 2.38. The summed E-state index contributed by atoms with van der Waals surface area (Å²) in [5.41, 5.74) is 1.51. The molecule has 0 saturated carbocycles. The van der Waals surface area contributed by atoms with Gasteiger partial charge in [-0.15, -0.1) is 0 Å². The van der Waals surface area contributed by atoms with Crippen LogP contribution in [0, 0.1) is 0 Å². The summed E-state index contributed by atoms with van der Waals surface area (Å²) < 4.78 is 39.8. The number of carbonyl (C=O) groups is 1. The number of amides is 1. The summed E-state index contributed by atoms with van der Waals surface area (Å²) in [6.07, 6.45) is -3.93. The van der Waals surface area contributed by atoms with Gasteiger partial charge in [0.15, 0.2) is 0 Å². The first-order valence-corrected chi connectivity index (χ1v) is 8.24. The molecule has 1 saturated heterocycles. The zero-order valence-electron chi connectivity index (χ0n) is 13.9. The van der Waals surface area contributed by atoms with Crippen LogP contribution in [0.5, 0.6) is 0 Å². The van der Waals surface area contributed by atoms with E-state index in [2.05, 4.69) is 10.2 Å². The summed E-state index contributed by atoms with van der Waals surface area (Å²) in [7, 11) is 0. The number of nitrogens with one attached hydrogen (secondary N) is 1. The molecule has 0 aromatic heterocycles. The number of carbonyl (C=O) groups excluding carboxylic acids is 1. The number of piperazine rings is 1. The van der Waals surface area contributed by atoms with E-state index >= 15 is 0 Å². The first-order valence-electron chi connectivity index (χ1n) is 8.24. The fraction of sp³-hybridized carbons (Fsp3) is 0.588. The summed E-state index contributed by atoms with van der Waals surface area (Å²) in [4.78, 5) is 15.5. The van der Waals surface area contributed by atoms with Gasteiger partial charge >= 0.3 is 6.18 Å². The Balaban J connectivity index is 1.94. The van der Waals surface area contributed by atoms with Crippen molar-refractivity contribution in [3.63, 3.8) is 0 Å². The number of hydrogen-bond acceptors (Lipinski definition) is 3. The molecule has 1 aromatic rings. The first-order chi connectivity index (χ1) is 11.3. The van der Waals surface area contributed by atoms with Gasteiger partial charge in [-0.3, -0.25) is 4.79 Å². The largest absolute Gasteiger partial charge is 0.416 e. The lowest BCUT2D eigenvalue weighted by Gasteiger charge is -2.42. The summed E-state index contributed by atoms with van der Waals surface area (Å²) in [6, 6.07) is 2.84.